The number of nitrogens with one attached hydrogen (secondary N) is 2. The third-order valence-electron chi connectivity index (χ3n) is 3.60. The van der Waals surface area contributed by atoms with Gasteiger partial charge in [-0.2, -0.15) is 5.10 Å². The highest BCUT2D eigenvalue weighted by atomic mass is 35.5. The lowest BCUT2D eigenvalue weighted by Crippen LogP contribution is -2.20. The maximum atomic E-state index is 11.8. The molecule has 0 atom stereocenters. The average Bonchev–Trinajstić information content (AvgIpc) is 2.58. The van der Waals surface area contributed by atoms with Crippen LogP contribution in [0.1, 0.15) is 29.5 Å². The molecule has 2 rings (SSSR count). The molecule has 3 N–H and O–H groups in total. The number of benzene rings is 2. The van der Waals surface area contributed by atoms with Crippen molar-refractivity contribution in [2.24, 2.45) is 5.10 Å². The van der Waals surface area contributed by atoms with E-state index in [9.17, 15) is 14.7 Å². The minimum absolute atomic E-state index is 0.0113. The number of hydrogen-bond donors (Lipinski definition) is 3. The number of carbonyl (C=O) groups excluding carboxylic acids is 2. The molecule has 0 aromatic heterocycles. The molecule has 0 aliphatic heterocycles. The molecule has 2 aromatic rings. The highest BCUT2D eigenvalue weighted by molar-refractivity contribution is 6.30. The number of hydrazone groups is 1. The summed E-state index contributed by atoms with van der Waals surface area (Å²) in [6.07, 6.45) is 1.53. The van der Waals surface area contributed by atoms with Gasteiger partial charge in [0.05, 0.1) is 6.21 Å². The van der Waals surface area contributed by atoms with Crippen LogP contribution in [-0.2, 0) is 9.59 Å². The second-order valence-corrected chi connectivity index (χ2v) is 6.29. The van der Waals surface area contributed by atoms with Gasteiger partial charge in [0.2, 0.25) is 11.8 Å². The van der Waals surface area contributed by atoms with Gasteiger partial charge < -0.3 is 10.4 Å². The molecule has 2 amide bonds. The molecule has 0 unspecified atom stereocenters. The summed E-state index contributed by atoms with van der Waals surface area (Å²) in [7, 11) is 0. The van der Waals surface area contributed by atoms with Gasteiger partial charge >= 0.3 is 0 Å². The number of carbonyl (C=O) groups is 2. The van der Waals surface area contributed by atoms with E-state index in [0.29, 0.717) is 10.7 Å². The molecular formula is C19H20ClN3O3. The van der Waals surface area contributed by atoms with Gasteiger partial charge in [0, 0.05) is 23.6 Å². The first-order valence-corrected chi connectivity index (χ1v) is 8.40. The molecule has 0 bridgehead atoms. The number of amides is 2. The summed E-state index contributed by atoms with van der Waals surface area (Å²) >= 11 is 5.85. The van der Waals surface area contributed by atoms with Gasteiger partial charge in [-0.1, -0.05) is 17.7 Å². The van der Waals surface area contributed by atoms with Crippen LogP contribution in [0.15, 0.2) is 41.5 Å². The van der Waals surface area contributed by atoms with Gasteiger partial charge in [-0.3, -0.25) is 9.59 Å². The van der Waals surface area contributed by atoms with Crippen LogP contribution in [0.2, 0.25) is 5.02 Å². The zero-order valence-electron chi connectivity index (χ0n) is 14.5. The lowest BCUT2D eigenvalue weighted by atomic mass is 10.1. The number of hydrogen-bond acceptors (Lipinski definition) is 4. The van der Waals surface area contributed by atoms with E-state index in [2.05, 4.69) is 15.8 Å². The van der Waals surface area contributed by atoms with E-state index in [4.69, 9.17) is 11.6 Å². The molecule has 0 radical (unpaired) electrons. The summed E-state index contributed by atoms with van der Waals surface area (Å²) < 4.78 is 0. The van der Waals surface area contributed by atoms with Gasteiger partial charge in [-0.25, -0.2) is 5.43 Å². The fourth-order valence-corrected chi connectivity index (χ4v) is 2.51. The zero-order chi connectivity index (χ0) is 19.1. The van der Waals surface area contributed by atoms with Crippen LogP contribution < -0.4 is 10.7 Å². The maximum Gasteiger partial charge on any atom is 0.240 e. The van der Waals surface area contributed by atoms with Crippen LogP contribution in [0, 0.1) is 13.8 Å². The Hall–Kier alpha value is -2.86. The predicted octanol–water partition coefficient (Wildman–Crippen LogP) is 3.53. The lowest BCUT2D eigenvalue weighted by molar-refractivity contribution is -0.124. The first-order valence-electron chi connectivity index (χ1n) is 8.02. The predicted molar refractivity (Wildman–Crippen MR) is 103 cm³/mol. The Balaban J connectivity index is 1.79. The smallest absolute Gasteiger partial charge is 0.240 e. The van der Waals surface area contributed by atoms with E-state index in [-0.39, 0.29) is 30.4 Å². The van der Waals surface area contributed by atoms with Crippen molar-refractivity contribution in [3.8, 4) is 5.75 Å². The monoisotopic (exact) mass is 373 g/mol. The van der Waals surface area contributed by atoms with E-state index in [1.807, 2.05) is 0 Å². The molecule has 0 saturated carbocycles. The van der Waals surface area contributed by atoms with Gasteiger partial charge in [0.15, 0.2) is 0 Å². The summed E-state index contributed by atoms with van der Waals surface area (Å²) in [5.41, 5.74) is 5.19. The second kappa shape index (κ2) is 9.01. The molecule has 26 heavy (non-hydrogen) atoms. The third-order valence-corrected chi connectivity index (χ3v) is 3.84. The Bertz CT molecular complexity index is 827. The Morgan fingerprint density at radius 3 is 2.42 bits per heavy atom. The second-order valence-electron chi connectivity index (χ2n) is 5.86. The lowest BCUT2D eigenvalue weighted by Gasteiger charge is -2.05. The number of aromatic hydroxyl groups is 1. The number of rotatable bonds is 6. The topological polar surface area (TPSA) is 90.8 Å². The van der Waals surface area contributed by atoms with E-state index in [1.54, 1.807) is 50.2 Å². The molecule has 6 nitrogen and oxygen atoms in total. The summed E-state index contributed by atoms with van der Waals surface area (Å²) in [5, 5.41) is 16.8. The number of aryl methyl sites for hydroxylation is 2. The molecule has 0 aliphatic carbocycles. The van der Waals surface area contributed by atoms with E-state index in [0.717, 1.165) is 16.7 Å². The molecule has 0 fully saturated rings. The summed E-state index contributed by atoms with van der Waals surface area (Å²) in [6, 6.07) is 10.3. The van der Waals surface area contributed by atoms with Crippen LogP contribution >= 0.6 is 11.6 Å². The fraction of sp³-hybridized carbons (Fsp3) is 0.211. The van der Waals surface area contributed by atoms with E-state index < -0.39 is 0 Å². The first kappa shape index (κ1) is 19.5. The largest absolute Gasteiger partial charge is 0.507 e. The quantitative estimate of drug-likeness (QED) is 0.534. The minimum Gasteiger partial charge on any atom is -0.507 e. The van der Waals surface area contributed by atoms with Crippen LogP contribution in [0.3, 0.4) is 0 Å². The summed E-state index contributed by atoms with van der Waals surface area (Å²) in [5.74, 6) is -0.400. The zero-order valence-corrected chi connectivity index (χ0v) is 15.3. The van der Waals surface area contributed by atoms with Gasteiger partial charge in [0.1, 0.15) is 5.75 Å². The Labute approximate surface area is 156 Å². The van der Waals surface area contributed by atoms with Crippen LogP contribution in [-0.4, -0.2) is 23.1 Å². The maximum absolute atomic E-state index is 11.8. The van der Waals surface area contributed by atoms with Crippen molar-refractivity contribution >= 4 is 35.3 Å². The molecule has 0 heterocycles. The van der Waals surface area contributed by atoms with Crippen molar-refractivity contribution in [2.75, 3.05) is 5.32 Å². The van der Waals surface area contributed by atoms with E-state index in [1.165, 1.54) is 6.21 Å². The SMILES string of the molecule is Cc1cc(C=NNC(=O)CCC(=O)Nc2cccc(Cl)c2)cc(C)c1O. The van der Waals surface area contributed by atoms with Crippen molar-refractivity contribution in [3.05, 3.63) is 58.1 Å². The van der Waals surface area contributed by atoms with Crippen LogP contribution in [0.5, 0.6) is 5.75 Å². The van der Waals surface area contributed by atoms with Crippen molar-refractivity contribution in [1.82, 2.24) is 5.43 Å². The normalized spacial score (nSPS) is 10.7. The molecule has 0 aliphatic rings. The number of nitrogens with zero attached hydrogens (tertiary/aromatic N) is 1. The van der Waals surface area contributed by atoms with Crippen LogP contribution in [0.4, 0.5) is 5.69 Å². The van der Waals surface area contributed by atoms with Crippen molar-refractivity contribution in [2.45, 2.75) is 26.7 Å². The van der Waals surface area contributed by atoms with Crippen molar-refractivity contribution < 1.29 is 14.7 Å². The van der Waals surface area contributed by atoms with Crippen molar-refractivity contribution in [1.29, 1.82) is 0 Å². The number of halogens is 1. The Morgan fingerprint density at radius 2 is 1.77 bits per heavy atom. The molecule has 0 saturated heterocycles. The molecule has 2 aromatic carbocycles. The molecular weight excluding hydrogens is 354 g/mol. The molecule has 136 valence electrons. The summed E-state index contributed by atoms with van der Waals surface area (Å²) in [4.78, 5) is 23.6. The highest BCUT2D eigenvalue weighted by Crippen LogP contribution is 2.22. The van der Waals surface area contributed by atoms with E-state index >= 15 is 0 Å². The van der Waals surface area contributed by atoms with Gasteiger partial charge in [-0.15, -0.1) is 0 Å². The minimum atomic E-state index is -0.366. The Morgan fingerprint density at radius 1 is 1.12 bits per heavy atom. The molecule has 0 spiro atoms. The average molecular weight is 374 g/mol. The Kier molecular flexibility index (Phi) is 6.74. The standard InChI is InChI=1S/C19H20ClN3O3/c1-12-8-14(9-13(2)19(12)26)11-21-23-18(25)7-6-17(24)22-16-5-3-4-15(20)10-16/h3-5,8-11,26H,6-7H2,1-2H3,(H,22,24)(H,23,25). The van der Waals surface area contributed by atoms with Gasteiger partial charge in [0.25, 0.3) is 0 Å². The van der Waals surface area contributed by atoms with Gasteiger partial charge in [-0.05, 0) is 60.9 Å². The number of phenolic OH excluding ortho intramolecular Hbond substituents is 1. The number of anilines is 1. The fourth-order valence-electron chi connectivity index (χ4n) is 2.32. The highest BCUT2D eigenvalue weighted by Gasteiger charge is 2.07. The number of phenols is 1. The van der Waals surface area contributed by atoms with Crippen LogP contribution in [0.25, 0.3) is 0 Å². The molecule has 7 heteroatoms. The van der Waals surface area contributed by atoms with Crippen molar-refractivity contribution in [3.63, 3.8) is 0 Å². The first-order chi connectivity index (χ1) is 12.3. The third kappa shape index (κ3) is 5.89. The summed E-state index contributed by atoms with van der Waals surface area (Å²) in [6.45, 7) is 3.58.